The number of thiocarbonyl (C=S) groups is 1. The van der Waals surface area contributed by atoms with Crippen molar-refractivity contribution in [1.29, 1.82) is 0 Å². The summed E-state index contributed by atoms with van der Waals surface area (Å²) in [4.78, 5) is 54.7. The number of amides is 2. The molecule has 1 fully saturated rings. The molecule has 2 N–H and O–H groups in total. The Balaban J connectivity index is 1.56. The molecular weight excluding hydrogens is 476 g/mol. The second-order valence-electron chi connectivity index (χ2n) is 6.68. The highest BCUT2D eigenvalue weighted by atomic mass is 32.2. The first-order valence-electron chi connectivity index (χ1n) is 9.15. The summed E-state index contributed by atoms with van der Waals surface area (Å²) in [7, 11) is 0. The predicted molar refractivity (Wildman–Crippen MR) is 118 cm³/mol. The van der Waals surface area contributed by atoms with Crippen LogP contribution in [-0.4, -0.2) is 59.9 Å². The zero-order chi connectivity index (χ0) is 22.8. The molecule has 32 heavy (non-hydrogen) atoms. The maximum absolute atomic E-state index is 12.9. The molecule has 0 aliphatic carbocycles. The Hall–Kier alpha value is -3.16. The summed E-state index contributed by atoms with van der Waals surface area (Å²) in [6, 6.07) is 8.90. The lowest BCUT2D eigenvalue weighted by Crippen LogP contribution is -2.61. The third-order valence-electron chi connectivity index (χ3n) is 4.49. The Morgan fingerprint density at radius 3 is 2.69 bits per heavy atom. The van der Waals surface area contributed by atoms with Crippen molar-refractivity contribution >= 4 is 69.5 Å². The number of nitrogens with one attached hydrogen (secondary N) is 1. The lowest BCUT2D eigenvalue weighted by Gasteiger charge is -2.44. The fraction of sp³-hybridized carbons (Fsp3) is 0.211. The number of hydrogen-bond donors (Lipinski definition) is 2. The monoisotopic (exact) mass is 490 g/mol. The van der Waals surface area contributed by atoms with Gasteiger partial charge in [0.05, 0.1) is 12.8 Å². The van der Waals surface area contributed by atoms with Gasteiger partial charge in [-0.15, -0.1) is 22.0 Å². The van der Waals surface area contributed by atoms with Gasteiger partial charge in [-0.2, -0.15) is 5.48 Å². The number of aliphatic carboxylic acids is 1. The number of fused-ring (bicyclic) bond motifs is 1. The lowest BCUT2D eigenvalue weighted by atomic mass is 10.1. The van der Waals surface area contributed by atoms with Crippen LogP contribution in [0.1, 0.15) is 15.6 Å². The molecule has 1 atom stereocenters. The van der Waals surface area contributed by atoms with Crippen molar-refractivity contribution in [1.82, 2.24) is 20.6 Å². The van der Waals surface area contributed by atoms with Gasteiger partial charge < -0.3 is 9.94 Å². The molecule has 0 bridgehead atoms. The molecule has 2 aromatic rings. The van der Waals surface area contributed by atoms with Crippen molar-refractivity contribution in [2.75, 3.05) is 5.75 Å². The average molecular weight is 491 g/mol. The van der Waals surface area contributed by atoms with E-state index in [4.69, 9.17) is 22.2 Å². The van der Waals surface area contributed by atoms with Crippen LogP contribution in [0.5, 0.6) is 0 Å². The topological polar surface area (TPSA) is 139 Å². The first-order chi connectivity index (χ1) is 15.3. The van der Waals surface area contributed by atoms with E-state index < -0.39 is 29.1 Å². The van der Waals surface area contributed by atoms with Gasteiger partial charge in [0, 0.05) is 11.3 Å². The molecule has 4 rings (SSSR count). The molecule has 2 amide bonds. The number of hydroxylamine groups is 1. The first-order valence-corrected chi connectivity index (χ1v) is 11.4. The molecule has 2 aliphatic heterocycles. The van der Waals surface area contributed by atoms with E-state index in [2.05, 4.69) is 15.7 Å². The Kier molecular flexibility index (Phi) is 6.30. The predicted octanol–water partition coefficient (Wildman–Crippen LogP) is 0.978. The quantitative estimate of drug-likeness (QED) is 0.342. The number of hydrogen-bond acceptors (Lipinski definition) is 10. The minimum absolute atomic E-state index is 0.000179. The van der Waals surface area contributed by atoms with Crippen LogP contribution in [0.2, 0.25) is 0 Å². The minimum atomic E-state index is -1.07. The molecule has 0 radical (unpaired) electrons. The molecular formula is C19H14N4O6S3. The number of carboxylic acids is 1. The number of benzene rings is 1. The molecule has 0 spiro atoms. The van der Waals surface area contributed by atoms with Gasteiger partial charge in [-0.25, -0.2) is 4.79 Å². The van der Waals surface area contributed by atoms with Crippen molar-refractivity contribution in [3.05, 3.63) is 51.6 Å². The third-order valence-corrected chi connectivity index (χ3v) is 7.23. The SMILES string of the molecule is O=C(O)Cc1nnc(C2=C(C(=O)ONC(=O)Cc3ccccc3)N3C(=O)C(=S)[C@@H]3SC2)s1. The highest BCUT2D eigenvalue weighted by Crippen LogP contribution is 2.42. The van der Waals surface area contributed by atoms with Gasteiger partial charge in [0.25, 0.3) is 11.8 Å². The summed E-state index contributed by atoms with van der Waals surface area (Å²) < 4.78 is 0. The number of thioether (sulfide) groups is 1. The van der Waals surface area contributed by atoms with Gasteiger partial charge >= 0.3 is 11.9 Å². The van der Waals surface area contributed by atoms with Crippen molar-refractivity contribution in [3.8, 4) is 0 Å². The van der Waals surface area contributed by atoms with Crippen LogP contribution in [0.3, 0.4) is 0 Å². The smallest absolute Gasteiger partial charge is 0.379 e. The fourth-order valence-electron chi connectivity index (χ4n) is 3.06. The summed E-state index contributed by atoms with van der Waals surface area (Å²) >= 11 is 7.42. The maximum Gasteiger partial charge on any atom is 0.379 e. The number of carbonyl (C=O) groups is 4. The molecule has 164 valence electrons. The van der Waals surface area contributed by atoms with Gasteiger partial charge in [0.2, 0.25) is 0 Å². The average Bonchev–Trinajstić information content (AvgIpc) is 3.24. The summed E-state index contributed by atoms with van der Waals surface area (Å²) in [5.41, 5.74) is 3.11. The number of rotatable bonds is 6. The van der Waals surface area contributed by atoms with Crippen molar-refractivity contribution < 1.29 is 29.1 Å². The number of β-lactam (4-membered cyclic amide) rings is 1. The van der Waals surface area contributed by atoms with E-state index >= 15 is 0 Å². The number of aromatic nitrogens is 2. The van der Waals surface area contributed by atoms with E-state index in [1.165, 1.54) is 16.7 Å². The molecule has 1 saturated heterocycles. The van der Waals surface area contributed by atoms with E-state index in [-0.39, 0.29) is 34.2 Å². The normalized spacial score (nSPS) is 17.5. The van der Waals surface area contributed by atoms with Gasteiger partial charge in [-0.05, 0) is 5.56 Å². The van der Waals surface area contributed by atoms with Crippen molar-refractivity contribution in [2.45, 2.75) is 18.2 Å². The lowest BCUT2D eigenvalue weighted by molar-refractivity contribution is -0.156. The Morgan fingerprint density at radius 2 is 1.97 bits per heavy atom. The second kappa shape index (κ2) is 9.14. The molecule has 0 unspecified atom stereocenters. The van der Waals surface area contributed by atoms with Gasteiger partial charge in [0.1, 0.15) is 26.0 Å². The zero-order valence-corrected chi connectivity index (χ0v) is 18.6. The highest BCUT2D eigenvalue weighted by molar-refractivity contribution is 8.02. The van der Waals surface area contributed by atoms with Crippen LogP contribution < -0.4 is 5.48 Å². The Morgan fingerprint density at radius 1 is 1.22 bits per heavy atom. The van der Waals surface area contributed by atoms with Crippen LogP contribution in [0.25, 0.3) is 5.57 Å². The Bertz CT molecular complexity index is 1160. The van der Waals surface area contributed by atoms with Crippen LogP contribution >= 0.6 is 35.3 Å². The van der Waals surface area contributed by atoms with Crippen LogP contribution in [0.4, 0.5) is 0 Å². The number of carbonyl (C=O) groups excluding carboxylic acids is 3. The van der Waals surface area contributed by atoms with Crippen LogP contribution in [0.15, 0.2) is 36.0 Å². The zero-order valence-electron chi connectivity index (χ0n) is 16.1. The number of nitrogens with zero attached hydrogens (tertiary/aromatic N) is 3. The third kappa shape index (κ3) is 4.40. The summed E-state index contributed by atoms with van der Waals surface area (Å²) in [6.45, 7) is 0. The Labute approximate surface area is 194 Å². The summed E-state index contributed by atoms with van der Waals surface area (Å²) in [6.07, 6.45) is -0.317. The molecule has 3 heterocycles. The summed E-state index contributed by atoms with van der Waals surface area (Å²) in [5, 5.41) is 16.8. The minimum Gasteiger partial charge on any atom is -0.481 e. The first kappa shape index (κ1) is 22.0. The van der Waals surface area contributed by atoms with Crippen molar-refractivity contribution in [3.63, 3.8) is 0 Å². The van der Waals surface area contributed by atoms with Gasteiger partial charge in [-0.3, -0.25) is 19.3 Å². The van der Waals surface area contributed by atoms with E-state index in [1.54, 1.807) is 24.3 Å². The molecule has 1 aromatic heterocycles. The highest BCUT2D eigenvalue weighted by Gasteiger charge is 2.51. The van der Waals surface area contributed by atoms with E-state index in [0.717, 1.165) is 16.9 Å². The molecule has 13 heteroatoms. The van der Waals surface area contributed by atoms with Gasteiger partial charge in [0.15, 0.2) is 0 Å². The maximum atomic E-state index is 12.9. The second-order valence-corrected chi connectivity index (χ2v) is 9.25. The van der Waals surface area contributed by atoms with E-state index in [9.17, 15) is 19.2 Å². The number of carboxylic acid groups (broad SMARTS) is 1. The van der Waals surface area contributed by atoms with Crippen molar-refractivity contribution in [2.24, 2.45) is 0 Å². The van der Waals surface area contributed by atoms with E-state index in [1.807, 2.05) is 6.07 Å². The largest absolute Gasteiger partial charge is 0.481 e. The van der Waals surface area contributed by atoms with E-state index in [0.29, 0.717) is 10.6 Å². The fourth-order valence-corrected chi connectivity index (χ4v) is 5.63. The standard InChI is InChI=1S/C19H14N4O6S3/c24-11(6-9-4-2-1-3-5-9)22-29-19(28)14-10(8-31-18-15(30)17(27)23(14)18)16-21-20-12(32-16)7-13(25)26/h1-5,18H,6-8H2,(H,22,24)(H,25,26)/t18-/m0/s1. The molecule has 0 saturated carbocycles. The van der Waals surface area contributed by atoms with Crippen LogP contribution in [0, 0.1) is 0 Å². The molecule has 2 aliphatic rings. The molecule has 1 aromatic carbocycles. The molecule has 10 nitrogen and oxygen atoms in total. The summed E-state index contributed by atoms with van der Waals surface area (Å²) in [5.74, 6) is -2.79. The van der Waals surface area contributed by atoms with Gasteiger partial charge in [-0.1, -0.05) is 53.9 Å². The van der Waals surface area contributed by atoms with Crippen LogP contribution in [-0.2, 0) is 36.9 Å².